The minimum atomic E-state index is -0.293. The van der Waals surface area contributed by atoms with Gasteiger partial charge in [0.25, 0.3) is 0 Å². The molecule has 100 valence electrons. The van der Waals surface area contributed by atoms with Gasteiger partial charge < -0.3 is 14.2 Å². The summed E-state index contributed by atoms with van der Waals surface area (Å²) >= 11 is 0. The second-order valence-electron chi connectivity index (χ2n) is 4.17. The van der Waals surface area contributed by atoms with Gasteiger partial charge in [0, 0.05) is 13.7 Å². The van der Waals surface area contributed by atoms with Crippen molar-refractivity contribution >= 4 is 5.97 Å². The number of carbonyl (C=O) groups excluding carboxylic acids is 1. The molecule has 0 amide bonds. The van der Waals surface area contributed by atoms with Gasteiger partial charge >= 0.3 is 5.97 Å². The average Bonchev–Trinajstić information content (AvgIpc) is 2.36. The van der Waals surface area contributed by atoms with E-state index in [9.17, 15) is 4.79 Å². The molecule has 1 fully saturated rings. The monoisotopic (exact) mass is 245 g/mol. The summed E-state index contributed by atoms with van der Waals surface area (Å²) < 4.78 is 14.9. The Balaban J connectivity index is 1.92. The van der Waals surface area contributed by atoms with Crippen molar-refractivity contribution in [2.24, 2.45) is 0 Å². The van der Waals surface area contributed by atoms with Gasteiger partial charge in [-0.1, -0.05) is 6.42 Å². The predicted octanol–water partition coefficient (Wildman–Crippen LogP) is 0.679. The number of ether oxygens (including phenoxy) is 3. The zero-order valence-electron chi connectivity index (χ0n) is 10.7. The first-order valence-electron chi connectivity index (χ1n) is 6.27. The van der Waals surface area contributed by atoms with E-state index in [2.05, 4.69) is 4.90 Å². The van der Waals surface area contributed by atoms with Crippen LogP contribution in [0.3, 0.4) is 0 Å². The molecule has 5 heteroatoms. The largest absolute Gasteiger partial charge is 0.463 e. The molecule has 0 aliphatic carbocycles. The topological polar surface area (TPSA) is 48.0 Å². The van der Waals surface area contributed by atoms with Gasteiger partial charge in [-0.15, -0.1) is 0 Å². The standard InChI is InChI=1S/C12H23NO4/c1-15-9-10-16-11-12(14)17-8-7-13-5-3-2-4-6-13/h2-11H2,1H3. The lowest BCUT2D eigenvalue weighted by Gasteiger charge is -2.25. The van der Waals surface area contributed by atoms with Gasteiger partial charge in [0.1, 0.15) is 13.2 Å². The third-order valence-corrected chi connectivity index (χ3v) is 2.77. The van der Waals surface area contributed by atoms with Crippen molar-refractivity contribution < 1.29 is 19.0 Å². The van der Waals surface area contributed by atoms with Crippen LogP contribution in [-0.4, -0.2) is 64.0 Å². The van der Waals surface area contributed by atoms with E-state index in [4.69, 9.17) is 14.2 Å². The van der Waals surface area contributed by atoms with E-state index in [1.165, 1.54) is 19.3 Å². The molecule has 5 nitrogen and oxygen atoms in total. The lowest BCUT2D eigenvalue weighted by Crippen LogP contribution is -2.33. The zero-order valence-corrected chi connectivity index (χ0v) is 10.7. The highest BCUT2D eigenvalue weighted by atomic mass is 16.6. The molecule has 0 aromatic carbocycles. The fourth-order valence-electron chi connectivity index (χ4n) is 1.81. The van der Waals surface area contributed by atoms with E-state index in [0.29, 0.717) is 19.8 Å². The molecule has 1 heterocycles. The van der Waals surface area contributed by atoms with Crippen LogP contribution in [0.1, 0.15) is 19.3 Å². The number of carbonyl (C=O) groups is 1. The molecule has 1 aliphatic rings. The first-order valence-corrected chi connectivity index (χ1v) is 6.27. The molecule has 1 aliphatic heterocycles. The maximum Gasteiger partial charge on any atom is 0.332 e. The number of likely N-dealkylation sites (tertiary alicyclic amines) is 1. The summed E-state index contributed by atoms with van der Waals surface area (Å²) in [7, 11) is 1.60. The number of nitrogens with zero attached hydrogens (tertiary/aromatic N) is 1. The van der Waals surface area contributed by atoms with Crippen molar-refractivity contribution in [2.45, 2.75) is 19.3 Å². The molecule has 0 spiro atoms. The van der Waals surface area contributed by atoms with Crippen LogP contribution in [-0.2, 0) is 19.0 Å². The Bertz CT molecular complexity index is 205. The van der Waals surface area contributed by atoms with Gasteiger partial charge in [-0.2, -0.15) is 0 Å². The van der Waals surface area contributed by atoms with Crippen LogP contribution in [0.4, 0.5) is 0 Å². The summed E-state index contributed by atoms with van der Waals surface area (Å²) in [5, 5.41) is 0. The maximum atomic E-state index is 11.2. The van der Waals surface area contributed by atoms with E-state index in [1.807, 2.05) is 0 Å². The van der Waals surface area contributed by atoms with Crippen LogP contribution in [0.15, 0.2) is 0 Å². The smallest absolute Gasteiger partial charge is 0.332 e. The molecule has 0 unspecified atom stereocenters. The highest BCUT2D eigenvalue weighted by molar-refractivity contribution is 5.70. The molecule has 0 atom stereocenters. The van der Waals surface area contributed by atoms with E-state index < -0.39 is 0 Å². The average molecular weight is 245 g/mol. The number of rotatable bonds is 8. The molecular weight excluding hydrogens is 222 g/mol. The Labute approximate surface area is 103 Å². The quantitative estimate of drug-likeness (QED) is 0.465. The Morgan fingerprint density at radius 3 is 2.59 bits per heavy atom. The molecule has 0 bridgehead atoms. The van der Waals surface area contributed by atoms with E-state index >= 15 is 0 Å². The minimum absolute atomic E-state index is 0.0172. The predicted molar refractivity (Wildman–Crippen MR) is 63.9 cm³/mol. The van der Waals surface area contributed by atoms with Gasteiger partial charge in [0.05, 0.1) is 13.2 Å². The summed E-state index contributed by atoms with van der Waals surface area (Å²) in [5.41, 5.74) is 0. The van der Waals surface area contributed by atoms with E-state index in [0.717, 1.165) is 19.6 Å². The second-order valence-corrected chi connectivity index (χ2v) is 4.17. The summed E-state index contributed by atoms with van der Waals surface area (Å²) in [6, 6.07) is 0. The van der Waals surface area contributed by atoms with Crippen LogP contribution >= 0.6 is 0 Å². The van der Waals surface area contributed by atoms with E-state index in [-0.39, 0.29) is 12.6 Å². The molecule has 0 saturated carbocycles. The number of hydrogen-bond acceptors (Lipinski definition) is 5. The van der Waals surface area contributed by atoms with Crippen molar-refractivity contribution in [1.29, 1.82) is 0 Å². The van der Waals surface area contributed by atoms with Crippen molar-refractivity contribution in [3.63, 3.8) is 0 Å². The number of methoxy groups -OCH3 is 1. The fourth-order valence-corrected chi connectivity index (χ4v) is 1.81. The van der Waals surface area contributed by atoms with Gasteiger partial charge in [0.2, 0.25) is 0 Å². The summed E-state index contributed by atoms with van der Waals surface area (Å²) in [6.45, 7) is 4.50. The molecule has 0 N–H and O–H groups in total. The third kappa shape index (κ3) is 7.31. The maximum absolute atomic E-state index is 11.2. The highest BCUT2D eigenvalue weighted by Gasteiger charge is 2.10. The molecule has 0 radical (unpaired) electrons. The van der Waals surface area contributed by atoms with Gasteiger partial charge in [-0.25, -0.2) is 4.79 Å². The van der Waals surface area contributed by atoms with Crippen LogP contribution < -0.4 is 0 Å². The molecule has 17 heavy (non-hydrogen) atoms. The van der Waals surface area contributed by atoms with E-state index in [1.54, 1.807) is 7.11 Å². The number of esters is 1. The van der Waals surface area contributed by atoms with Crippen molar-refractivity contribution in [1.82, 2.24) is 4.90 Å². The van der Waals surface area contributed by atoms with Crippen molar-refractivity contribution in [3.8, 4) is 0 Å². The van der Waals surface area contributed by atoms with Crippen molar-refractivity contribution in [3.05, 3.63) is 0 Å². The van der Waals surface area contributed by atoms with Gasteiger partial charge in [-0.3, -0.25) is 4.90 Å². The Morgan fingerprint density at radius 1 is 1.12 bits per heavy atom. The summed E-state index contributed by atoms with van der Waals surface area (Å²) in [4.78, 5) is 13.6. The zero-order chi connectivity index (χ0) is 12.3. The fraction of sp³-hybridized carbons (Fsp3) is 0.917. The van der Waals surface area contributed by atoms with Crippen LogP contribution in [0, 0.1) is 0 Å². The molecule has 1 rings (SSSR count). The van der Waals surface area contributed by atoms with Gasteiger partial charge in [0.15, 0.2) is 0 Å². The SMILES string of the molecule is COCCOCC(=O)OCCN1CCCCC1. The number of hydrogen-bond donors (Lipinski definition) is 0. The Hall–Kier alpha value is -0.650. The molecule has 0 aromatic rings. The first-order chi connectivity index (χ1) is 8.33. The van der Waals surface area contributed by atoms with Crippen LogP contribution in [0.2, 0.25) is 0 Å². The lowest BCUT2D eigenvalue weighted by molar-refractivity contribution is -0.149. The highest BCUT2D eigenvalue weighted by Crippen LogP contribution is 2.07. The lowest BCUT2D eigenvalue weighted by atomic mass is 10.1. The number of piperidine rings is 1. The normalized spacial score (nSPS) is 17.0. The van der Waals surface area contributed by atoms with Crippen molar-refractivity contribution in [2.75, 3.05) is 53.2 Å². The molecule has 1 saturated heterocycles. The third-order valence-electron chi connectivity index (χ3n) is 2.77. The molecular formula is C12H23NO4. The Morgan fingerprint density at radius 2 is 1.88 bits per heavy atom. The minimum Gasteiger partial charge on any atom is -0.463 e. The van der Waals surface area contributed by atoms with Crippen LogP contribution in [0.5, 0.6) is 0 Å². The first kappa shape index (κ1) is 14.4. The van der Waals surface area contributed by atoms with Gasteiger partial charge in [-0.05, 0) is 25.9 Å². The van der Waals surface area contributed by atoms with Crippen LogP contribution in [0.25, 0.3) is 0 Å². The molecule has 0 aromatic heterocycles. The summed E-state index contributed by atoms with van der Waals surface area (Å²) in [6.07, 6.45) is 3.84. The summed E-state index contributed by atoms with van der Waals surface area (Å²) in [5.74, 6) is -0.293. The second kappa shape index (κ2) is 9.39. The Kier molecular flexibility index (Phi) is 7.96.